The predicted molar refractivity (Wildman–Crippen MR) is 150 cm³/mol. The fourth-order valence-corrected chi connectivity index (χ4v) is 7.80. The first-order valence-electron chi connectivity index (χ1n) is 12.9. The Labute approximate surface area is 214 Å². The molecule has 5 heteroatoms. The first kappa shape index (κ1) is 23.4. The molecule has 0 saturated heterocycles. The number of methoxy groups -OCH3 is 1. The molecular formula is C31H35N2O2Si+. The van der Waals surface area contributed by atoms with Crippen LogP contribution >= 0.6 is 0 Å². The van der Waals surface area contributed by atoms with Crippen LogP contribution in [-0.4, -0.2) is 31.9 Å². The van der Waals surface area contributed by atoms with E-state index in [0.717, 1.165) is 17.3 Å². The minimum atomic E-state index is -1.54. The number of fused-ring (bicyclic) bond motifs is 2. The van der Waals surface area contributed by atoms with Gasteiger partial charge in [-0.25, -0.2) is 0 Å². The zero-order chi connectivity index (χ0) is 25.6. The lowest BCUT2D eigenvalue weighted by Crippen LogP contribution is -2.50. The highest BCUT2D eigenvalue weighted by Crippen LogP contribution is 2.55. The van der Waals surface area contributed by atoms with Gasteiger partial charge in [-0.05, 0) is 35.1 Å². The normalized spacial score (nSPS) is 19.6. The third-order valence-corrected chi connectivity index (χ3v) is 10.5. The van der Waals surface area contributed by atoms with Crippen LogP contribution in [0.25, 0.3) is 32.9 Å². The van der Waals surface area contributed by atoms with Gasteiger partial charge in [0.05, 0.1) is 30.5 Å². The highest BCUT2D eigenvalue weighted by atomic mass is 28.3. The number of aliphatic hydroxyl groups excluding tert-OH is 1. The second-order valence-corrected chi connectivity index (χ2v) is 17.1. The second-order valence-electron chi connectivity index (χ2n) is 12.0. The summed E-state index contributed by atoms with van der Waals surface area (Å²) in [5.74, 6) is 0.185. The van der Waals surface area contributed by atoms with Crippen LogP contribution in [0.1, 0.15) is 48.9 Å². The van der Waals surface area contributed by atoms with Crippen LogP contribution < -0.4 is 9.75 Å². The molecule has 4 aromatic rings. The van der Waals surface area contributed by atoms with E-state index < -0.39 is 8.07 Å². The zero-order valence-corrected chi connectivity index (χ0v) is 23.1. The van der Waals surface area contributed by atoms with Crippen molar-refractivity contribution in [2.75, 3.05) is 13.7 Å². The Hall–Kier alpha value is -3.02. The number of nitrogens with zero attached hydrogens (tertiary/aromatic N) is 2. The molecule has 6 rings (SSSR count). The second kappa shape index (κ2) is 7.74. The van der Waals surface area contributed by atoms with E-state index in [2.05, 4.69) is 81.2 Å². The molecule has 0 spiro atoms. The van der Waals surface area contributed by atoms with Crippen molar-refractivity contribution in [2.24, 2.45) is 0 Å². The van der Waals surface area contributed by atoms with Crippen molar-refractivity contribution in [1.29, 1.82) is 0 Å². The first-order chi connectivity index (χ1) is 17.1. The lowest BCUT2D eigenvalue weighted by atomic mass is 9.65. The Morgan fingerprint density at radius 1 is 1.14 bits per heavy atom. The van der Waals surface area contributed by atoms with E-state index in [9.17, 15) is 5.11 Å². The van der Waals surface area contributed by atoms with Crippen molar-refractivity contribution in [2.45, 2.75) is 57.3 Å². The van der Waals surface area contributed by atoms with Crippen LogP contribution in [-0.2, 0) is 10.2 Å². The van der Waals surface area contributed by atoms with Crippen molar-refractivity contribution >= 4 is 34.9 Å². The zero-order valence-electron chi connectivity index (χ0n) is 22.1. The third kappa shape index (κ3) is 3.09. The van der Waals surface area contributed by atoms with Crippen LogP contribution in [0.5, 0.6) is 0 Å². The molecule has 2 aliphatic rings. The molecule has 184 valence electrons. The van der Waals surface area contributed by atoms with Crippen LogP contribution in [0.2, 0.25) is 19.6 Å². The largest absolute Gasteiger partial charge is 0.506 e. The van der Waals surface area contributed by atoms with Gasteiger partial charge < -0.3 is 9.84 Å². The van der Waals surface area contributed by atoms with Crippen LogP contribution in [0.3, 0.4) is 0 Å². The van der Waals surface area contributed by atoms with E-state index in [1.807, 2.05) is 12.3 Å². The monoisotopic (exact) mass is 495 g/mol. The molecule has 2 unspecified atom stereocenters. The van der Waals surface area contributed by atoms with Crippen LogP contribution in [0, 0.1) is 0 Å². The van der Waals surface area contributed by atoms with Crippen molar-refractivity contribution in [1.82, 2.24) is 4.98 Å². The minimum absolute atomic E-state index is 0.00311. The summed E-state index contributed by atoms with van der Waals surface area (Å²) in [6.07, 6.45) is 4.82. The van der Waals surface area contributed by atoms with Gasteiger partial charge in [-0.2, -0.15) is 4.57 Å². The predicted octanol–water partition coefficient (Wildman–Crippen LogP) is 6.27. The van der Waals surface area contributed by atoms with E-state index in [4.69, 9.17) is 9.72 Å². The average molecular weight is 496 g/mol. The molecule has 0 bridgehead atoms. The summed E-state index contributed by atoms with van der Waals surface area (Å²) in [7, 11) is 0.197. The van der Waals surface area contributed by atoms with Gasteiger partial charge in [0.25, 0.3) is 0 Å². The Morgan fingerprint density at radius 2 is 1.92 bits per heavy atom. The van der Waals surface area contributed by atoms with Gasteiger partial charge >= 0.3 is 0 Å². The van der Waals surface area contributed by atoms with Crippen molar-refractivity contribution in [3.05, 3.63) is 77.8 Å². The molecule has 2 atom stereocenters. The van der Waals surface area contributed by atoms with E-state index in [0.29, 0.717) is 6.61 Å². The average Bonchev–Trinajstić information content (AvgIpc) is 2.83. The van der Waals surface area contributed by atoms with Gasteiger partial charge in [-0.15, -0.1) is 0 Å². The summed E-state index contributed by atoms with van der Waals surface area (Å²) in [6.45, 7) is 16.7. The molecule has 0 fully saturated rings. The molecule has 2 aromatic carbocycles. The van der Waals surface area contributed by atoms with Gasteiger partial charge in [-0.1, -0.05) is 63.5 Å². The summed E-state index contributed by atoms with van der Waals surface area (Å²) >= 11 is 0. The number of hydrogen-bond donors (Lipinski definition) is 1. The number of ether oxygens (including phenoxy) is 1. The van der Waals surface area contributed by atoms with Gasteiger partial charge in [0.1, 0.15) is 0 Å². The summed E-state index contributed by atoms with van der Waals surface area (Å²) < 4.78 is 7.83. The molecule has 1 aliphatic heterocycles. The number of pyridine rings is 2. The lowest BCUT2D eigenvalue weighted by molar-refractivity contribution is -0.711. The summed E-state index contributed by atoms with van der Waals surface area (Å²) in [6, 6.07) is 13.4. The smallest absolute Gasteiger partial charge is 0.222 e. The molecule has 0 radical (unpaired) electrons. The molecule has 4 nitrogen and oxygen atoms in total. The Balaban J connectivity index is 1.84. The lowest BCUT2D eigenvalue weighted by Gasteiger charge is -2.40. The quantitative estimate of drug-likeness (QED) is 0.202. The fraction of sp³-hybridized carbons (Fsp3) is 0.355. The van der Waals surface area contributed by atoms with Gasteiger partial charge in [0, 0.05) is 42.3 Å². The summed E-state index contributed by atoms with van der Waals surface area (Å²) in [5.41, 5.74) is 7.25. The molecule has 0 saturated carbocycles. The number of benzene rings is 2. The highest BCUT2D eigenvalue weighted by molar-refractivity contribution is 6.88. The summed E-state index contributed by atoms with van der Waals surface area (Å²) in [5, 5.41) is 16.2. The highest BCUT2D eigenvalue weighted by Gasteiger charge is 2.49. The molecular weight excluding hydrogens is 460 g/mol. The molecule has 3 heterocycles. The van der Waals surface area contributed by atoms with E-state index in [1.165, 1.54) is 43.9 Å². The van der Waals surface area contributed by atoms with Gasteiger partial charge in [-0.3, -0.25) is 4.98 Å². The molecule has 36 heavy (non-hydrogen) atoms. The molecule has 0 amide bonds. The molecule has 2 aromatic heterocycles. The molecule has 1 N–H and O–H groups in total. The Kier molecular flexibility index (Phi) is 5.02. The maximum Gasteiger partial charge on any atom is 0.222 e. The Morgan fingerprint density at radius 3 is 2.61 bits per heavy atom. The number of rotatable bonds is 5. The van der Waals surface area contributed by atoms with E-state index >= 15 is 0 Å². The number of allylic oxidation sites excluding steroid dienone is 1. The van der Waals surface area contributed by atoms with Crippen LogP contribution in [0.4, 0.5) is 0 Å². The first-order valence-corrected chi connectivity index (χ1v) is 16.4. The van der Waals surface area contributed by atoms with Crippen molar-refractivity contribution < 1.29 is 14.4 Å². The van der Waals surface area contributed by atoms with Crippen molar-refractivity contribution in [3.63, 3.8) is 0 Å². The van der Waals surface area contributed by atoms with E-state index in [-0.39, 0.29) is 23.1 Å². The van der Waals surface area contributed by atoms with E-state index in [1.54, 1.807) is 7.11 Å². The summed E-state index contributed by atoms with van der Waals surface area (Å²) in [4.78, 5) is 4.90. The van der Waals surface area contributed by atoms with Gasteiger partial charge in [0.15, 0.2) is 12.0 Å². The van der Waals surface area contributed by atoms with Crippen molar-refractivity contribution in [3.8, 4) is 11.3 Å². The fourth-order valence-electron chi connectivity index (χ4n) is 6.63. The third-order valence-electron chi connectivity index (χ3n) is 8.49. The molecule has 1 aliphatic carbocycles. The maximum absolute atomic E-state index is 11.0. The van der Waals surface area contributed by atoms with Crippen LogP contribution in [0.15, 0.2) is 61.1 Å². The topological polar surface area (TPSA) is 46.2 Å². The number of hydrogen-bond acceptors (Lipinski definition) is 3. The number of aliphatic hydroxyl groups is 1. The standard InChI is InChI=1S/C31H34N2O2Si/c1-18(34)29-22(11-14-35-4)26-27-23(16-20-9-8-12-32-28(20)26)31(2,3)24-17-21(36(5,6)7)15-19-10-13-33(29)30(27)25(19)24/h8-10,12-13,15-17,22,29H,1,11,14H2,2-7H3/p+1. The maximum atomic E-state index is 11.0. The Bertz CT molecular complexity index is 1580. The minimum Gasteiger partial charge on any atom is -0.506 e. The SMILES string of the molecule is C=C(O)C1C(CCOC)c2c3c(cc4cccnc24)C(C)(C)c2cc([Si](C)(C)C)cc4cc[n+]1c-3c24. The van der Waals surface area contributed by atoms with Gasteiger partial charge in [0.2, 0.25) is 11.7 Å². The number of aromatic nitrogens is 2.